The molecule has 1 aliphatic heterocycles. The van der Waals surface area contributed by atoms with Crippen LogP contribution in [0.3, 0.4) is 0 Å². The van der Waals surface area contributed by atoms with E-state index in [0.29, 0.717) is 12.4 Å². The van der Waals surface area contributed by atoms with Crippen molar-refractivity contribution in [3.05, 3.63) is 52.0 Å². The minimum Gasteiger partial charge on any atom is -0.497 e. The summed E-state index contributed by atoms with van der Waals surface area (Å²) in [5.74, 6) is 1.38. The third-order valence-electron chi connectivity index (χ3n) is 3.01. The van der Waals surface area contributed by atoms with Crippen molar-refractivity contribution in [3.8, 4) is 5.75 Å². The first kappa shape index (κ1) is 13.2. The van der Waals surface area contributed by atoms with Crippen LogP contribution in [0.1, 0.15) is 12.0 Å². The SMILES string of the molecule is COc1ccc(CN2CCCNC2=C[N+](=O)[O-])cc1. The number of nitrogens with zero attached hydrogens (tertiary/aromatic N) is 2. The maximum Gasteiger partial charge on any atom is 0.274 e. The summed E-state index contributed by atoms with van der Waals surface area (Å²) in [5.41, 5.74) is 1.10. The Kier molecular flexibility index (Phi) is 4.22. The Hall–Kier alpha value is -2.24. The van der Waals surface area contributed by atoms with Gasteiger partial charge in [0.15, 0.2) is 5.82 Å². The van der Waals surface area contributed by atoms with Crippen molar-refractivity contribution in [3.63, 3.8) is 0 Å². The van der Waals surface area contributed by atoms with E-state index in [1.165, 1.54) is 0 Å². The van der Waals surface area contributed by atoms with Crippen molar-refractivity contribution in [2.45, 2.75) is 13.0 Å². The molecule has 0 spiro atoms. The second kappa shape index (κ2) is 6.08. The largest absolute Gasteiger partial charge is 0.497 e. The van der Waals surface area contributed by atoms with Crippen LogP contribution in [0.2, 0.25) is 0 Å². The molecule has 0 bridgehead atoms. The molecule has 0 saturated carbocycles. The van der Waals surface area contributed by atoms with E-state index in [2.05, 4.69) is 5.32 Å². The molecule has 2 rings (SSSR count). The number of hydrogen-bond acceptors (Lipinski definition) is 5. The number of ether oxygens (including phenoxy) is 1. The minimum atomic E-state index is -0.422. The predicted molar refractivity (Wildman–Crippen MR) is 71.1 cm³/mol. The first-order chi connectivity index (χ1) is 9.19. The minimum absolute atomic E-state index is 0.422. The summed E-state index contributed by atoms with van der Waals surface area (Å²) in [6, 6.07) is 7.72. The van der Waals surface area contributed by atoms with Gasteiger partial charge in [-0.15, -0.1) is 0 Å². The van der Waals surface area contributed by atoms with Crippen LogP contribution in [0.25, 0.3) is 0 Å². The Morgan fingerprint density at radius 2 is 2.21 bits per heavy atom. The normalized spacial score (nSPS) is 17.1. The fourth-order valence-corrected chi connectivity index (χ4v) is 2.06. The highest BCUT2D eigenvalue weighted by molar-refractivity contribution is 5.27. The van der Waals surface area contributed by atoms with Crippen molar-refractivity contribution in [1.82, 2.24) is 10.2 Å². The number of rotatable bonds is 4. The van der Waals surface area contributed by atoms with Gasteiger partial charge in [0.05, 0.1) is 12.0 Å². The molecule has 0 unspecified atom stereocenters. The molecule has 0 atom stereocenters. The number of methoxy groups -OCH3 is 1. The summed E-state index contributed by atoms with van der Waals surface area (Å²) in [6.45, 7) is 2.24. The topological polar surface area (TPSA) is 67.6 Å². The molecule has 1 heterocycles. The summed E-state index contributed by atoms with van der Waals surface area (Å²) >= 11 is 0. The second-order valence-electron chi connectivity index (χ2n) is 4.35. The zero-order chi connectivity index (χ0) is 13.7. The molecule has 6 heteroatoms. The first-order valence-corrected chi connectivity index (χ1v) is 6.16. The molecular weight excluding hydrogens is 246 g/mol. The fraction of sp³-hybridized carbons (Fsp3) is 0.385. The molecule has 1 aromatic rings. The van der Waals surface area contributed by atoms with E-state index in [0.717, 1.165) is 37.0 Å². The molecule has 1 N–H and O–H groups in total. The zero-order valence-corrected chi connectivity index (χ0v) is 10.8. The molecule has 0 radical (unpaired) electrons. The van der Waals surface area contributed by atoms with Crippen LogP contribution in [0.4, 0.5) is 0 Å². The second-order valence-corrected chi connectivity index (χ2v) is 4.35. The Bertz CT molecular complexity index is 471. The quantitative estimate of drug-likeness (QED) is 0.659. The van der Waals surface area contributed by atoms with Crippen LogP contribution in [-0.4, -0.2) is 30.0 Å². The van der Waals surface area contributed by atoms with E-state index in [4.69, 9.17) is 4.74 Å². The summed E-state index contributed by atoms with van der Waals surface area (Å²) in [4.78, 5) is 12.2. The lowest BCUT2D eigenvalue weighted by Gasteiger charge is -2.30. The van der Waals surface area contributed by atoms with Crippen molar-refractivity contribution in [1.29, 1.82) is 0 Å². The number of hydrogen-bond donors (Lipinski definition) is 1. The van der Waals surface area contributed by atoms with Gasteiger partial charge in [0.2, 0.25) is 0 Å². The van der Waals surface area contributed by atoms with E-state index in [9.17, 15) is 10.1 Å². The molecule has 1 aliphatic rings. The van der Waals surface area contributed by atoms with Crippen molar-refractivity contribution in [2.75, 3.05) is 20.2 Å². The third-order valence-corrected chi connectivity index (χ3v) is 3.01. The number of nitro groups is 1. The highest BCUT2D eigenvalue weighted by atomic mass is 16.6. The summed E-state index contributed by atoms with van der Waals surface area (Å²) < 4.78 is 5.11. The standard InChI is InChI=1S/C13H17N3O3/c1-19-12-5-3-11(4-6-12)9-15-8-2-7-14-13(15)10-16(17)18/h3-6,10,14H,2,7-9H2,1H3. The average Bonchev–Trinajstić information content (AvgIpc) is 2.41. The van der Waals surface area contributed by atoms with Crippen molar-refractivity contribution >= 4 is 0 Å². The molecule has 1 aromatic carbocycles. The lowest BCUT2D eigenvalue weighted by Crippen LogP contribution is -2.39. The maximum atomic E-state index is 10.6. The lowest BCUT2D eigenvalue weighted by atomic mass is 10.2. The van der Waals surface area contributed by atoms with Gasteiger partial charge in [-0.1, -0.05) is 12.1 Å². The van der Waals surface area contributed by atoms with Gasteiger partial charge in [0.1, 0.15) is 5.75 Å². The molecule has 19 heavy (non-hydrogen) atoms. The van der Waals surface area contributed by atoms with Crippen LogP contribution in [-0.2, 0) is 6.54 Å². The third kappa shape index (κ3) is 3.61. The highest BCUT2D eigenvalue weighted by Gasteiger charge is 2.17. The summed E-state index contributed by atoms with van der Waals surface area (Å²) in [6.07, 6.45) is 2.01. The van der Waals surface area contributed by atoms with E-state index in [-0.39, 0.29) is 0 Å². The van der Waals surface area contributed by atoms with Crippen LogP contribution in [0, 0.1) is 10.1 Å². The van der Waals surface area contributed by atoms with E-state index in [1.54, 1.807) is 7.11 Å². The molecule has 0 amide bonds. The Morgan fingerprint density at radius 1 is 1.47 bits per heavy atom. The van der Waals surface area contributed by atoms with Gasteiger partial charge >= 0.3 is 0 Å². The highest BCUT2D eigenvalue weighted by Crippen LogP contribution is 2.16. The predicted octanol–water partition coefficient (Wildman–Crippen LogP) is 1.57. The molecule has 1 fully saturated rings. The molecular formula is C13H17N3O3. The van der Waals surface area contributed by atoms with Gasteiger partial charge in [-0.25, -0.2) is 0 Å². The Morgan fingerprint density at radius 3 is 2.84 bits per heavy atom. The first-order valence-electron chi connectivity index (χ1n) is 6.16. The van der Waals surface area contributed by atoms with Crippen molar-refractivity contribution < 1.29 is 9.66 Å². The summed E-state index contributed by atoms with van der Waals surface area (Å²) in [5, 5.41) is 13.7. The van der Waals surface area contributed by atoms with Gasteiger partial charge in [0.25, 0.3) is 6.20 Å². The van der Waals surface area contributed by atoms with Crippen LogP contribution >= 0.6 is 0 Å². The van der Waals surface area contributed by atoms with Gasteiger partial charge in [-0.05, 0) is 24.1 Å². The van der Waals surface area contributed by atoms with Gasteiger partial charge in [-0.3, -0.25) is 10.1 Å². The molecule has 0 aliphatic carbocycles. The van der Waals surface area contributed by atoms with Gasteiger partial charge < -0.3 is 15.0 Å². The van der Waals surface area contributed by atoms with E-state index >= 15 is 0 Å². The zero-order valence-electron chi connectivity index (χ0n) is 10.8. The molecule has 1 saturated heterocycles. The maximum absolute atomic E-state index is 10.6. The van der Waals surface area contributed by atoms with Crippen LogP contribution in [0.15, 0.2) is 36.3 Å². The lowest BCUT2D eigenvalue weighted by molar-refractivity contribution is -0.405. The van der Waals surface area contributed by atoms with Crippen molar-refractivity contribution in [2.24, 2.45) is 0 Å². The van der Waals surface area contributed by atoms with Crippen LogP contribution < -0.4 is 10.1 Å². The van der Waals surface area contributed by atoms with Gasteiger partial charge in [-0.2, -0.15) is 0 Å². The Labute approximate surface area is 111 Å². The Balaban J connectivity index is 2.08. The van der Waals surface area contributed by atoms with Gasteiger partial charge in [0, 0.05) is 19.6 Å². The molecule has 0 aromatic heterocycles. The number of benzene rings is 1. The monoisotopic (exact) mass is 263 g/mol. The molecule has 6 nitrogen and oxygen atoms in total. The summed E-state index contributed by atoms with van der Waals surface area (Å²) in [7, 11) is 1.63. The smallest absolute Gasteiger partial charge is 0.274 e. The molecule has 102 valence electrons. The number of nitrogens with one attached hydrogen (secondary N) is 1. The fourth-order valence-electron chi connectivity index (χ4n) is 2.06. The average molecular weight is 263 g/mol. The van der Waals surface area contributed by atoms with Crippen LogP contribution in [0.5, 0.6) is 5.75 Å². The van der Waals surface area contributed by atoms with E-state index < -0.39 is 4.92 Å². The van der Waals surface area contributed by atoms with E-state index in [1.807, 2.05) is 29.2 Å².